The van der Waals surface area contributed by atoms with E-state index in [2.05, 4.69) is 20.3 Å². The molecular weight excluding hydrogens is 313 g/mol. The molecule has 0 aliphatic rings. The van der Waals surface area contributed by atoms with Crippen molar-refractivity contribution in [2.75, 3.05) is 5.32 Å². The Labute approximate surface area is 128 Å². The third kappa shape index (κ3) is 2.92. The lowest BCUT2D eigenvalue weighted by Gasteiger charge is -2.13. The fraction of sp³-hybridized carbons (Fsp3) is 0.286. The molecule has 22 heavy (non-hydrogen) atoms. The fourth-order valence-electron chi connectivity index (χ4n) is 2.15. The fourth-order valence-corrected chi connectivity index (χ4v) is 3.05. The van der Waals surface area contributed by atoms with Crippen LogP contribution in [0, 0.1) is 0 Å². The summed E-state index contributed by atoms with van der Waals surface area (Å²) in [5.41, 5.74) is -0.341. The van der Waals surface area contributed by atoms with Crippen molar-refractivity contribution in [3.63, 3.8) is 0 Å². The topological polar surface area (TPSA) is 53.6 Å². The summed E-state index contributed by atoms with van der Waals surface area (Å²) in [5, 5.41) is 3.79. The molecule has 1 aromatic carbocycles. The van der Waals surface area contributed by atoms with Gasteiger partial charge in [0.25, 0.3) is 0 Å². The van der Waals surface area contributed by atoms with Gasteiger partial charge in [-0.05, 0) is 24.6 Å². The highest BCUT2D eigenvalue weighted by Gasteiger charge is 2.30. The number of aromatic amines is 1. The molecule has 0 aliphatic heterocycles. The van der Waals surface area contributed by atoms with Gasteiger partial charge in [-0.1, -0.05) is 18.3 Å². The average molecular weight is 326 g/mol. The molecule has 2 aromatic heterocycles. The van der Waals surface area contributed by atoms with Gasteiger partial charge in [-0.25, -0.2) is 9.97 Å². The molecule has 0 unspecified atom stereocenters. The van der Waals surface area contributed by atoms with Crippen molar-refractivity contribution in [2.24, 2.45) is 0 Å². The Hall–Kier alpha value is -2.09. The molecule has 2 heterocycles. The summed E-state index contributed by atoms with van der Waals surface area (Å²) in [4.78, 5) is 11.5. The van der Waals surface area contributed by atoms with E-state index in [1.165, 1.54) is 17.4 Å². The summed E-state index contributed by atoms with van der Waals surface area (Å²) < 4.78 is 38.9. The van der Waals surface area contributed by atoms with Crippen molar-refractivity contribution in [2.45, 2.75) is 25.6 Å². The first-order valence-electron chi connectivity index (χ1n) is 6.71. The predicted molar refractivity (Wildman–Crippen MR) is 79.9 cm³/mol. The summed E-state index contributed by atoms with van der Waals surface area (Å²) in [6, 6.07) is 3.55. The molecule has 0 radical (unpaired) electrons. The first-order chi connectivity index (χ1) is 10.5. The van der Waals surface area contributed by atoms with Gasteiger partial charge < -0.3 is 10.3 Å². The molecule has 116 valence electrons. The van der Waals surface area contributed by atoms with E-state index >= 15 is 0 Å². The van der Waals surface area contributed by atoms with Crippen LogP contribution in [0.2, 0.25) is 0 Å². The summed E-state index contributed by atoms with van der Waals surface area (Å²) in [6.07, 6.45) is -0.190. The summed E-state index contributed by atoms with van der Waals surface area (Å²) in [6.45, 7) is 2.00. The number of aromatic nitrogens is 3. The Kier molecular flexibility index (Phi) is 3.78. The van der Waals surface area contributed by atoms with Gasteiger partial charge in [0.15, 0.2) is 5.13 Å². The third-order valence-electron chi connectivity index (χ3n) is 3.27. The Morgan fingerprint density at radius 1 is 1.36 bits per heavy atom. The highest BCUT2D eigenvalue weighted by Crippen LogP contribution is 2.34. The van der Waals surface area contributed by atoms with Gasteiger partial charge in [-0.3, -0.25) is 0 Å². The second-order valence-corrected chi connectivity index (χ2v) is 5.81. The number of benzene rings is 1. The number of hydrogen-bond donors (Lipinski definition) is 2. The van der Waals surface area contributed by atoms with E-state index < -0.39 is 11.7 Å². The lowest BCUT2D eigenvalue weighted by molar-refractivity contribution is -0.137. The van der Waals surface area contributed by atoms with Crippen molar-refractivity contribution >= 4 is 26.7 Å². The first kappa shape index (κ1) is 14.8. The van der Waals surface area contributed by atoms with Gasteiger partial charge >= 0.3 is 6.18 Å². The van der Waals surface area contributed by atoms with Crippen LogP contribution in [0.15, 0.2) is 30.6 Å². The van der Waals surface area contributed by atoms with E-state index in [-0.39, 0.29) is 6.04 Å². The highest BCUT2D eigenvalue weighted by molar-refractivity contribution is 7.22. The van der Waals surface area contributed by atoms with Crippen LogP contribution in [0.4, 0.5) is 18.3 Å². The number of alkyl halides is 3. The summed E-state index contributed by atoms with van der Waals surface area (Å²) in [7, 11) is 0. The second-order valence-electron chi connectivity index (χ2n) is 4.78. The van der Waals surface area contributed by atoms with Gasteiger partial charge in [-0.2, -0.15) is 13.2 Å². The number of thiazole rings is 1. The number of H-pyrrole nitrogens is 1. The summed E-state index contributed by atoms with van der Waals surface area (Å²) in [5.74, 6) is 0.776. The minimum Gasteiger partial charge on any atom is -0.352 e. The lowest BCUT2D eigenvalue weighted by Crippen LogP contribution is -2.11. The van der Waals surface area contributed by atoms with E-state index in [0.717, 1.165) is 24.4 Å². The molecule has 0 saturated carbocycles. The molecule has 1 atom stereocenters. The van der Waals surface area contributed by atoms with Crippen LogP contribution >= 0.6 is 11.3 Å². The largest absolute Gasteiger partial charge is 0.416 e. The number of hydrogen-bond acceptors (Lipinski definition) is 4. The van der Waals surface area contributed by atoms with Crippen molar-refractivity contribution in [3.05, 3.63) is 42.0 Å². The van der Waals surface area contributed by atoms with Gasteiger partial charge in [0.05, 0.1) is 21.8 Å². The predicted octanol–water partition coefficient (Wildman–Crippen LogP) is 4.60. The zero-order chi connectivity index (χ0) is 15.7. The molecule has 3 rings (SSSR count). The van der Waals surface area contributed by atoms with Crippen LogP contribution < -0.4 is 5.32 Å². The smallest absolute Gasteiger partial charge is 0.352 e. The van der Waals surface area contributed by atoms with Gasteiger partial charge in [0.1, 0.15) is 5.82 Å². The van der Waals surface area contributed by atoms with E-state index in [1.54, 1.807) is 12.4 Å². The minimum atomic E-state index is -4.36. The van der Waals surface area contributed by atoms with Crippen LogP contribution in [0.1, 0.15) is 30.8 Å². The molecular formula is C14H13F3N4S. The molecule has 0 spiro atoms. The minimum absolute atomic E-state index is 0.0577. The standard InChI is InChI=1S/C14H13F3N4S/c1-2-9(12-18-5-6-19-12)20-13-21-10-7-8(14(15,16)17)3-4-11(10)22-13/h3-7,9H,2H2,1H3,(H,18,19)(H,20,21)/t9-/m0/s1. The number of nitrogens with zero attached hydrogens (tertiary/aromatic N) is 2. The Balaban J connectivity index is 1.88. The van der Waals surface area contributed by atoms with Gasteiger partial charge in [-0.15, -0.1) is 0 Å². The van der Waals surface area contributed by atoms with Crippen molar-refractivity contribution in [1.29, 1.82) is 0 Å². The molecule has 0 saturated heterocycles. The van der Waals surface area contributed by atoms with E-state index in [9.17, 15) is 13.2 Å². The second kappa shape index (κ2) is 5.60. The molecule has 0 fully saturated rings. The molecule has 3 aromatic rings. The monoisotopic (exact) mass is 326 g/mol. The quantitative estimate of drug-likeness (QED) is 0.736. The molecule has 2 N–H and O–H groups in total. The molecule has 0 aliphatic carbocycles. The maximum atomic E-state index is 12.7. The maximum absolute atomic E-state index is 12.7. The number of halogens is 3. The van der Waals surface area contributed by atoms with Crippen molar-refractivity contribution in [3.8, 4) is 0 Å². The number of nitrogens with one attached hydrogen (secondary N) is 2. The van der Waals surface area contributed by atoms with Crippen molar-refractivity contribution in [1.82, 2.24) is 15.0 Å². The van der Waals surface area contributed by atoms with Gasteiger partial charge in [0, 0.05) is 12.4 Å². The van der Waals surface area contributed by atoms with Crippen LogP contribution in [-0.2, 0) is 6.18 Å². The normalized spacial score (nSPS) is 13.5. The molecule has 8 heteroatoms. The van der Waals surface area contributed by atoms with E-state index in [4.69, 9.17) is 0 Å². The lowest BCUT2D eigenvalue weighted by atomic mass is 10.2. The Morgan fingerprint density at radius 3 is 2.82 bits per heavy atom. The third-order valence-corrected chi connectivity index (χ3v) is 4.24. The number of anilines is 1. The van der Waals surface area contributed by atoms with E-state index in [1.807, 2.05) is 6.92 Å². The first-order valence-corrected chi connectivity index (χ1v) is 7.52. The number of imidazole rings is 1. The number of fused-ring (bicyclic) bond motifs is 1. The maximum Gasteiger partial charge on any atom is 0.416 e. The zero-order valence-electron chi connectivity index (χ0n) is 11.6. The van der Waals surface area contributed by atoms with Crippen LogP contribution in [-0.4, -0.2) is 15.0 Å². The molecule has 0 bridgehead atoms. The van der Waals surface area contributed by atoms with Crippen LogP contribution in [0.25, 0.3) is 10.2 Å². The van der Waals surface area contributed by atoms with Gasteiger partial charge in [0.2, 0.25) is 0 Å². The van der Waals surface area contributed by atoms with Crippen LogP contribution in [0.3, 0.4) is 0 Å². The molecule has 0 amide bonds. The zero-order valence-corrected chi connectivity index (χ0v) is 12.4. The Bertz CT molecular complexity index is 764. The SMILES string of the molecule is CC[C@H](Nc1nc2cc(C(F)(F)F)ccc2s1)c1ncc[nH]1. The summed E-state index contributed by atoms with van der Waals surface area (Å²) >= 11 is 1.33. The highest BCUT2D eigenvalue weighted by atomic mass is 32.1. The Morgan fingerprint density at radius 2 is 2.18 bits per heavy atom. The van der Waals surface area contributed by atoms with Crippen LogP contribution in [0.5, 0.6) is 0 Å². The average Bonchev–Trinajstić information content (AvgIpc) is 3.11. The number of rotatable bonds is 4. The van der Waals surface area contributed by atoms with E-state index in [0.29, 0.717) is 15.3 Å². The molecule has 4 nitrogen and oxygen atoms in total. The van der Waals surface area contributed by atoms with Crippen molar-refractivity contribution < 1.29 is 13.2 Å².